The van der Waals surface area contributed by atoms with E-state index < -0.39 is 24.0 Å². The van der Waals surface area contributed by atoms with Crippen molar-refractivity contribution in [1.29, 1.82) is 0 Å². The molecule has 0 radical (unpaired) electrons. The van der Waals surface area contributed by atoms with Gasteiger partial charge in [0.2, 0.25) is 11.8 Å². The van der Waals surface area contributed by atoms with Gasteiger partial charge in [0, 0.05) is 43.3 Å². The average Bonchev–Trinajstić information content (AvgIpc) is 3.28. The summed E-state index contributed by atoms with van der Waals surface area (Å²) in [4.78, 5) is 43.4. The van der Waals surface area contributed by atoms with Crippen LogP contribution in [0, 0.1) is 11.8 Å². The van der Waals surface area contributed by atoms with Crippen LogP contribution >= 0.6 is 46.6 Å². The molecule has 3 aliphatic heterocycles. The molecule has 0 unspecified atom stereocenters. The zero-order chi connectivity index (χ0) is 26.6. The third-order valence-corrected chi connectivity index (χ3v) is 9.82. The highest BCUT2D eigenvalue weighted by molar-refractivity contribution is 8.03. The van der Waals surface area contributed by atoms with Crippen LogP contribution in [0.2, 0.25) is 15.1 Å². The second-order valence-corrected chi connectivity index (χ2v) is 12.3. The number of thioether (sulfide) groups is 1. The topological polar surface area (TPSA) is 101 Å². The number of hydrogen-bond donors (Lipinski definition) is 2. The number of rotatable bonds is 7. The van der Waals surface area contributed by atoms with Crippen molar-refractivity contribution < 1.29 is 24.6 Å². The third kappa shape index (κ3) is 4.74. The van der Waals surface area contributed by atoms with Crippen molar-refractivity contribution in [3.8, 4) is 0 Å². The van der Waals surface area contributed by atoms with E-state index in [1.54, 1.807) is 38.1 Å². The lowest BCUT2D eigenvalue weighted by molar-refractivity contribution is -0.163. The Balaban J connectivity index is 1.59. The largest absolute Gasteiger partial charge is 0.477 e. The lowest BCUT2D eigenvalue weighted by Gasteiger charge is -2.46. The third-order valence-electron chi connectivity index (χ3n) is 7.12. The first kappa shape index (κ1) is 27.5. The second kappa shape index (κ2) is 10.3. The number of β-lactam (4-membered cyclic amide) rings is 1. The maximum absolute atomic E-state index is 13.0. The van der Waals surface area contributed by atoms with E-state index in [1.165, 1.54) is 16.7 Å². The number of nitrogens with zero attached hydrogens (tertiary/aromatic N) is 3. The van der Waals surface area contributed by atoms with Gasteiger partial charge in [-0.25, -0.2) is 4.79 Å². The van der Waals surface area contributed by atoms with E-state index in [2.05, 4.69) is 0 Å². The number of aliphatic hydroxyl groups excluding tert-OH is 1. The van der Waals surface area contributed by atoms with Crippen LogP contribution in [-0.2, 0) is 20.9 Å². The summed E-state index contributed by atoms with van der Waals surface area (Å²) >= 11 is 19.9. The lowest BCUT2D eigenvalue weighted by Crippen LogP contribution is -2.63. The molecule has 6 atom stereocenters. The van der Waals surface area contributed by atoms with E-state index in [4.69, 9.17) is 34.8 Å². The molecule has 12 heteroatoms. The molecule has 0 aromatic heterocycles. The number of carboxylic acids is 1. The summed E-state index contributed by atoms with van der Waals surface area (Å²) in [5, 5.41) is 20.9. The number of carbonyl (C=O) groups is 3. The lowest BCUT2D eigenvalue weighted by atomic mass is 9.79. The van der Waals surface area contributed by atoms with Crippen molar-refractivity contribution in [2.24, 2.45) is 11.8 Å². The van der Waals surface area contributed by atoms with Gasteiger partial charge >= 0.3 is 5.97 Å². The number of likely N-dealkylation sites (N-methyl/N-ethyl adjacent to an activating group) is 1. The Labute approximate surface area is 229 Å². The molecule has 2 N–H and O–H groups in total. The average molecular weight is 577 g/mol. The molecule has 8 nitrogen and oxygen atoms in total. The number of benzene rings is 1. The number of carbonyl (C=O) groups excluding carboxylic acids is 2. The van der Waals surface area contributed by atoms with Crippen LogP contribution in [0.4, 0.5) is 0 Å². The van der Waals surface area contributed by atoms with Gasteiger partial charge in [-0.15, -0.1) is 11.8 Å². The van der Waals surface area contributed by atoms with E-state index in [0.717, 1.165) is 5.56 Å². The number of likely N-dealkylation sites (tertiary alicyclic amines) is 1. The monoisotopic (exact) mass is 575 g/mol. The first-order valence-corrected chi connectivity index (χ1v) is 13.6. The second-order valence-electron chi connectivity index (χ2n) is 9.80. The van der Waals surface area contributed by atoms with Gasteiger partial charge in [-0.3, -0.25) is 14.5 Å². The van der Waals surface area contributed by atoms with Crippen LogP contribution in [0.25, 0.3) is 0 Å². The fraction of sp³-hybridized carbons (Fsp3) is 0.542. The first-order valence-electron chi connectivity index (χ1n) is 11.6. The summed E-state index contributed by atoms with van der Waals surface area (Å²) in [6.45, 7) is 4.38. The van der Waals surface area contributed by atoms with Gasteiger partial charge in [0.1, 0.15) is 5.70 Å². The number of amides is 2. The molecule has 0 aliphatic carbocycles. The SMILES string of the molecule is C[C@@H](O)[C@H]1C(=O)N2C(C(=O)O)=C(S[C@H]3C[C@@H](C(=O)N(C)C)N(Cc4cc(Cl)c(Cl)c(Cl)c4)C3)[C@H](C)[C@H]12. The predicted molar refractivity (Wildman–Crippen MR) is 140 cm³/mol. The van der Waals surface area contributed by atoms with Crippen LogP contribution in [0.15, 0.2) is 22.7 Å². The van der Waals surface area contributed by atoms with Gasteiger partial charge in [0.15, 0.2) is 0 Å². The Morgan fingerprint density at radius 1 is 1.22 bits per heavy atom. The minimum absolute atomic E-state index is 0.00963. The molecule has 2 amide bonds. The standard InChI is InChI=1S/C24H28Cl3N3O5S/c1-10-19-17(11(2)31)23(33)30(19)20(24(34)35)21(10)36-13-7-16(22(32)28(3)4)29(9-13)8-12-5-14(25)18(27)15(26)6-12/h5-6,10-11,13,16-17,19,31H,7-9H2,1-4H3,(H,34,35)/t10-,11-,13+,16+,17-,19-/m1/s1. The minimum Gasteiger partial charge on any atom is -0.477 e. The summed E-state index contributed by atoms with van der Waals surface area (Å²) in [6, 6.07) is 2.66. The molecule has 3 aliphatic rings. The summed E-state index contributed by atoms with van der Waals surface area (Å²) in [6.07, 6.45) is -0.346. The summed E-state index contributed by atoms with van der Waals surface area (Å²) in [7, 11) is 3.40. The highest BCUT2D eigenvalue weighted by Crippen LogP contribution is 2.52. The zero-order valence-electron chi connectivity index (χ0n) is 20.2. The van der Waals surface area contributed by atoms with Gasteiger partial charge in [-0.1, -0.05) is 41.7 Å². The number of aliphatic carboxylic acids is 1. The van der Waals surface area contributed by atoms with Gasteiger partial charge in [-0.2, -0.15) is 0 Å². The first-order chi connectivity index (χ1) is 16.8. The number of hydrogen-bond acceptors (Lipinski definition) is 6. The van der Waals surface area contributed by atoms with Crippen molar-refractivity contribution in [3.63, 3.8) is 0 Å². The van der Waals surface area contributed by atoms with E-state index in [-0.39, 0.29) is 39.7 Å². The quantitative estimate of drug-likeness (QED) is 0.378. The Morgan fingerprint density at radius 3 is 2.36 bits per heavy atom. The molecule has 2 saturated heterocycles. The highest BCUT2D eigenvalue weighted by Gasteiger charge is 2.60. The van der Waals surface area contributed by atoms with Crippen molar-refractivity contribution in [3.05, 3.63) is 43.4 Å². The van der Waals surface area contributed by atoms with Crippen LogP contribution in [-0.4, -0.2) is 86.8 Å². The van der Waals surface area contributed by atoms with Crippen molar-refractivity contribution in [2.75, 3.05) is 20.6 Å². The number of halogens is 3. The van der Waals surface area contributed by atoms with E-state index >= 15 is 0 Å². The molecule has 3 heterocycles. The summed E-state index contributed by atoms with van der Waals surface area (Å²) in [5.41, 5.74) is 0.801. The summed E-state index contributed by atoms with van der Waals surface area (Å²) < 4.78 is 0. The predicted octanol–water partition coefficient (Wildman–Crippen LogP) is 3.56. The Kier molecular flexibility index (Phi) is 7.91. The number of aliphatic hydroxyl groups is 1. The zero-order valence-corrected chi connectivity index (χ0v) is 23.3. The molecular weight excluding hydrogens is 549 g/mol. The van der Waals surface area contributed by atoms with Crippen molar-refractivity contribution in [2.45, 2.75) is 50.3 Å². The molecule has 0 spiro atoms. The maximum atomic E-state index is 13.0. The van der Waals surface area contributed by atoms with Gasteiger partial charge in [0.25, 0.3) is 0 Å². The Bertz CT molecular complexity index is 1120. The normalized spacial score (nSPS) is 28.8. The van der Waals surface area contributed by atoms with Crippen molar-refractivity contribution in [1.82, 2.24) is 14.7 Å². The molecular formula is C24H28Cl3N3O5S. The van der Waals surface area contributed by atoms with Gasteiger partial charge in [-0.05, 0) is 31.0 Å². The molecule has 1 aromatic carbocycles. The molecule has 1 aromatic rings. The molecule has 0 saturated carbocycles. The smallest absolute Gasteiger partial charge is 0.353 e. The number of fused-ring (bicyclic) bond motifs is 1. The fourth-order valence-corrected chi connectivity index (χ4v) is 7.67. The van der Waals surface area contributed by atoms with Gasteiger partial charge in [0.05, 0.1) is 39.2 Å². The van der Waals surface area contributed by atoms with E-state index in [1.807, 2.05) is 11.8 Å². The molecule has 196 valence electrons. The molecule has 4 rings (SSSR count). The summed E-state index contributed by atoms with van der Waals surface area (Å²) in [5.74, 6) is -2.42. The Hall–Kier alpha value is -1.49. The van der Waals surface area contributed by atoms with Crippen LogP contribution < -0.4 is 0 Å². The number of carboxylic acid groups (broad SMARTS) is 1. The maximum Gasteiger partial charge on any atom is 0.353 e. The van der Waals surface area contributed by atoms with E-state index in [9.17, 15) is 24.6 Å². The fourth-order valence-electron chi connectivity index (χ4n) is 5.47. The van der Waals surface area contributed by atoms with Crippen LogP contribution in [0.1, 0.15) is 25.8 Å². The Morgan fingerprint density at radius 2 is 1.83 bits per heavy atom. The molecule has 36 heavy (non-hydrogen) atoms. The molecule has 0 bridgehead atoms. The van der Waals surface area contributed by atoms with E-state index in [0.29, 0.717) is 34.5 Å². The van der Waals surface area contributed by atoms with Crippen LogP contribution in [0.5, 0.6) is 0 Å². The van der Waals surface area contributed by atoms with Crippen LogP contribution in [0.3, 0.4) is 0 Å². The van der Waals surface area contributed by atoms with Crippen molar-refractivity contribution >= 4 is 64.3 Å². The molecule has 2 fully saturated rings. The minimum atomic E-state index is -1.16. The van der Waals surface area contributed by atoms with Gasteiger partial charge < -0.3 is 20.0 Å². The highest BCUT2D eigenvalue weighted by atomic mass is 35.5.